The molecule has 17 heavy (non-hydrogen) atoms. The van der Waals surface area contributed by atoms with E-state index >= 15 is 0 Å². The van der Waals surface area contributed by atoms with E-state index in [0.29, 0.717) is 17.7 Å². The lowest BCUT2D eigenvalue weighted by molar-refractivity contribution is 0.0591. The molecule has 1 aliphatic carbocycles. The van der Waals surface area contributed by atoms with Gasteiger partial charge in [0.1, 0.15) is 0 Å². The number of fused-ring (bicyclic) bond motifs is 1. The number of aliphatic hydroxyl groups excluding tert-OH is 1. The highest BCUT2D eigenvalue weighted by Gasteiger charge is 2.48. The second-order valence-corrected chi connectivity index (χ2v) is 4.78. The molecule has 2 heterocycles. The minimum absolute atomic E-state index is 0.0264. The molecule has 1 N–H and O–H groups in total. The molecular formula is C12H12N2O3. The lowest BCUT2D eigenvalue weighted by Gasteiger charge is -2.19. The van der Waals surface area contributed by atoms with Crippen molar-refractivity contribution in [3.8, 4) is 0 Å². The Hall–Kier alpha value is -1.75. The van der Waals surface area contributed by atoms with Crippen LogP contribution in [-0.4, -0.2) is 40.0 Å². The van der Waals surface area contributed by atoms with Crippen molar-refractivity contribution in [2.75, 3.05) is 13.2 Å². The van der Waals surface area contributed by atoms with Crippen LogP contribution in [0.3, 0.4) is 0 Å². The quantitative estimate of drug-likeness (QED) is 0.768. The molecule has 1 aliphatic heterocycles. The van der Waals surface area contributed by atoms with Crippen molar-refractivity contribution < 1.29 is 14.7 Å². The van der Waals surface area contributed by atoms with Crippen molar-refractivity contribution in [3.63, 3.8) is 0 Å². The standard InChI is InChI=1S/C12H12N2O3/c15-7-12(2-3-12)6-14-10(16)8-1-4-13-5-9(8)11(14)17/h1,4-5,15H,2-3,6-7H2. The van der Waals surface area contributed by atoms with E-state index < -0.39 is 0 Å². The number of pyridine rings is 1. The van der Waals surface area contributed by atoms with Crippen molar-refractivity contribution in [1.82, 2.24) is 9.88 Å². The van der Waals surface area contributed by atoms with Gasteiger partial charge in [0.15, 0.2) is 0 Å². The Balaban J connectivity index is 1.90. The number of imide groups is 1. The topological polar surface area (TPSA) is 70.5 Å². The lowest BCUT2D eigenvalue weighted by Crippen LogP contribution is -2.36. The van der Waals surface area contributed by atoms with Crippen molar-refractivity contribution in [1.29, 1.82) is 0 Å². The van der Waals surface area contributed by atoms with Crippen LogP contribution in [0.4, 0.5) is 0 Å². The summed E-state index contributed by atoms with van der Waals surface area (Å²) in [5, 5.41) is 9.24. The van der Waals surface area contributed by atoms with E-state index in [1.165, 1.54) is 17.3 Å². The van der Waals surface area contributed by atoms with E-state index in [4.69, 9.17) is 0 Å². The van der Waals surface area contributed by atoms with Crippen LogP contribution in [0.2, 0.25) is 0 Å². The Bertz CT molecular complexity index is 473. The summed E-state index contributed by atoms with van der Waals surface area (Å²) in [6.45, 7) is 0.342. The maximum absolute atomic E-state index is 12.0. The van der Waals surface area contributed by atoms with E-state index in [9.17, 15) is 14.7 Å². The maximum Gasteiger partial charge on any atom is 0.263 e. The van der Waals surface area contributed by atoms with Gasteiger partial charge in [-0.2, -0.15) is 0 Å². The van der Waals surface area contributed by atoms with Crippen molar-refractivity contribution in [2.24, 2.45) is 5.41 Å². The van der Waals surface area contributed by atoms with Gasteiger partial charge in [0.05, 0.1) is 17.7 Å². The Morgan fingerprint density at radius 1 is 1.29 bits per heavy atom. The first-order valence-electron chi connectivity index (χ1n) is 5.58. The third-order valence-corrected chi connectivity index (χ3v) is 3.56. The van der Waals surface area contributed by atoms with Gasteiger partial charge in [0.25, 0.3) is 11.8 Å². The molecule has 0 unspecified atom stereocenters. The zero-order valence-electron chi connectivity index (χ0n) is 9.22. The molecule has 88 valence electrons. The van der Waals surface area contributed by atoms with Gasteiger partial charge < -0.3 is 5.11 Å². The van der Waals surface area contributed by atoms with Crippen molar-refractivity contribution >= 4 is 11.8 Å². The molecule has 2 amide bonds. The van der Waals surface area contributed by atoms with E-state index in [2.05, 4.69) is 4.98 Å². The first kappa shape index (κ1) is 10.4. The van der Waals surface area contributed by atoms with Gasteiger partial charge in [-0.3, -0.25) is 19.5 Å². The molecule has 0 spiro atoms. The van der Waals surface area contributed by atoms with Crippen molar-refractivity contribution in [2.45, 2.75) is 12.8 Å². The molecule has 5 heteroatoms. The smallest absolute Gasteiger partial charge is 0.263 e. The number of carbonyl (C=O) groups is 2. The molecule has 5 nitrogen and oxygen atoms in total. The van der Waals surface area contributed by atoms with E-state index in [1.54, 1.807) is 6.07 Å². The Kier molecular flexibility index (Phi) is 2.06. The average molecular weight is 232 g/mol. The summed E-state index contributed by atoms with van der Waals surface area (Å²) < 4.78 is 0. The number of rotatable bonds is 3. The fourth-order valence-corrected chi connectivity index (χ4v) is 2.16. The van der Waals surface area contributed by atoms with Crippen LogP contribution >= 0.6 is 0 Å². The summed E-state index contributed by atoms with van der Waals surface area (Å²) in [6, 6.07) is 1.56. The molecule has 1 fully saturated rings. The minimum Gasteiger partial charge on any atom is -0.396 e. The zero-order valence-corrected chi connectivity index (χ0v) is 9.22. The number of carbonyl (C=O) groups excluding carboxylic acids is 2. The number of nitrogens with zero attached hydrogens (tertiary/aromatic N) is 2. The summed E-state index contributed by atoms with van der Waals surface area (Å²) in [4.78, 5) is 29.1. The number of hydrogen-bond acceptors (Lipinski definition) is 4. The fraction of sp³-hybridized carbons (Fsp3) is 0.417. The van der Waals surface area contributed by atoms with Crippen LogP contribution in [0.25, 0.3) is 0 Å². The monoisotopic (exact) mass is 232 g/mol. The molecule has 1 aromatic rings. The molecule has 1 aromatic heterocycles. The minimum atomic E-state index is -0.294. The summed E-state index contributed by atoms with van der Waals surface area (Å²) in [5.41, 5.74) is 0.533. The van der Waals surface area contributed by atoms with Crippen LogP contribution in [0.5, 0.6) is 0 Å². The van der Waals surface area contributed by atoms with Crippen LogP contribution < -0.4 is 0 Å². The zero-order chi connectivity index (χ0) is 12.0. The SMILES string of the molecule is O=C1c2ccncc2C(=O)N1CC1(CO)CC1. The Labute approximate surface area is 98.1 Å². The van der Waals surface area contributed by atoms with Crippen LogP contribution in [0, 0.1) is 5.41 Å². The molecule has 3 rings (SSSR count). The van der Waals surface area contributed by atoms with E-state index in [0.717, 1.165) is 12.8 Å². The summed E-state index contributed by atoms with van der Waals surface area (Å²) in [6.07, 6.45) is 4.67. The van der Waals surface area contributed by atoms with Crippen LogP contribution in [0.15, 0.2) is 18.5 Å². The highest BCUT2D eigenvalue weighted by atomic mass is 16.3. The van der Waals surface area contributed by atoms with Gasteiger partial charge in [-0.1, -0.05) is 0 Å². The normalized spacial score (nSPS) is 20.6. The molecule has 0 bridgehead atoms. The highest BCUT2D eigenvalue weighted by molar-refractivity contribution is 6.21. The van der Waals surface area contributed by atoms with Crippen molar-refractivity contribution in [3.05, 3.63) is 29.6 Å². The van der Waals surface area contributed by atoms with Crippen LogP contribution in [-0.2, 0) is 0 Å². The molecule has 0 radical (unpaired) electrons. The Morgan fingerprint density at radius 3 is 2.59 bits per heavy atom. The number of amides is 2. The summed E-state index contributed by atoms with van der Waals surface area (Å²) >= 11 is 0. The molecule has 0 saturated heterocycles. The molecule has 2 aliphatic rings. The predicted octanol–water partition coefficient (Wildman–Crippen LogP) is 0.450. The summed E-state index contributed by atoms with van der Waals surface area (Å²) in [7, 11) is 0. The molecule has 1 saturated carbocycles. The van der Waals surface area contributed by atoms with Gasteiger partial charge in [-0.15, -0.1) is 0 Å². The van der Waals surface area contributed by atoms with Gasteiger partial charge in [-0.05, 0) is 18.9 Å². The average Bonchev–Trinajstić information content (AvgIpc) is 3.10. The molecule has 0 aromatic carbocycles. The molecular weight excluding hydrogens is 220 g/mol. The van der Waals surface area contributed by atoms with Gasteiger partial charge in [0, 0.05) is 24.4 Å². The predicted molar refractivity (Wildman–Crippen MR) is 58.4 cm³/mol. The summed E-state index contributed by atoms with van der Waals surface area (Å²) in [5.74, 6) is -0.565. The number of aromatic nitrogens is 1. The van der Waals surface area contributed by atoms with Crippen LogP contribution in [0.1, 0.15) is 33.6 Å². The van der Waals surface area contributed by atoms with Gasteiger partial charge >= 0.3 is 0 Å². The first-order chi connectivity index (χ1) is 8.17. The fourth-order valence-electron chi connectivity index (χ4n) is 2.16. The number of hydrogen-bond donors (Lipinski definition) is 1. The van der Waals surface area contributed by atoms with E-state index in [1.807, 2.05) is 0 Å². The molecule has 0 atom stereocenters. The highest BCUT2D eigenvalue weighted by Crippen LogP contribution is 2.46. The second-order valence-electron chi connectivity index (χ2n) is 4.78. The third-order valence-electron chi connectivity index (χ3n) is 3.56. The van der Waals surface area contributed by atoms with Gasteiger partial charge in [-0.25, -0.2) is 0 Å². The largest absolute Gasteiger partial charge is 0.396 e. The third kappa shape index (κ3) is 1.46. The van der Waals surface area contributed by atoms with Gasteiger partial charge in [0.2, 0.25) is 0 Å². The first-order valence-corrected chi connectivity index (χ1v) is 5.58. The maximum atomic E-state index is 12.0. The Morgan fingerprint density at radius 2 is 2.00 bits per heavy atom. The second kappa shape index (κ2) is 3.37. The number of aliphatic hydroxyl groups is 1. The lowest BCUT2D eigenvalue weighted by atomic mass is 10.1. The van der Waals surface area contributed by atoms with E-state index in [-0.39, 0.29) is 23.8 Å².